The van der Waals surface area contributed by atoms with Crippen molar-refractivity contribution < 1.29 is 0 Å². The molecule has 0 spiro atoms. The number of fused-ring (bicyclic) bond motifs is 1. The molecule has 0 amide bonds. The first-order valence-corrected chi connectivity index (χ1v) is 13.3. The minimum Gasteiger partial charge on any atom is -0.231 e. The maximum Gasteiger partial charge on any atom is 0.207 e. The lowest BCUT2D eigenvalue weighted by molar-refractivity contribution is 0.487. The van der Waals surface area contributed by atoms with Crippen LogP contribution in [0.5, 0.6) is 0 Å². The number of rotatable bonds is 4. The molecule has 1 fully saturated rings. The van der Waals surface area contributed by atoms with Crippen LogP contribution in [0.2, 0.25) is 0 Å². The number of benzene rings is 3. The molecule has 0 radical (unpaired) electrons. The van der Waals surface area contributed by atoms with Gasteiger partial charge in [0.05, 0.1) is 17.4 Å². The van der Waals surface area contributed by atoms with Crippen molar-refractivity contribution in [3.63, 3.8) is 0 Å². The van der Waals surface area contributed by atoms with Crippen LogP contribution in [0.15, 0.2) is 105 Å². The van der Waals surface area contributed by atoms with Gasteiger partial charge in [0.1, 0.15) is 0 Å². The number of hydrazone groups is 1. The van der Waals surface area contributed by atoms with Crippen molar-refractivity contribution in [1.82, 2.24) is 4.98 Å². The van der Waals surface area contributed by atoms with Crippen LogP contribution in [0.25, 0.3) is 17.3 Å². The Bertz CT molecular complexity index is 1340. The second-order valence-electron chi connectivity index (χ2n) is 8.79. The first-order valence-electron chi connectivity index (χ1n) is 11.7. The normalized spacial score (nSPS) is 20.9. The highest BCUT2D eigenvalue weighted by molar-refractivity contribution is 9.10. The molecule has 34 heavy (non-hydrogen) atoms. The number of aromatic nitrogens is 1. The van der Waals surface area contributed by atoms with Gasteiger partial charge in [-0.2, -0.15) is 5.10 Å². The second kappa shape index (κ2) is 9.32. The molecular weight excluding hydrogens is 502 g/mol. The van der Waals surface area contributed by atoms with Gasteiger partial charge in [0.15, 0.2) is 0 Å². The van der Waals surface area contributed by atoms with Crippen LogP contribution in [0, 0.1) is 5.92 Å². The summed E-state index contributed by atoms with van der Waals surface area (Å²) in [5.41, 5.74) is 7.24. The predicted octanol–water partition coefficient (Wildman–Crippen LogP) is 8.37. The van der Waals surface area contributed by atoms with Gasteiger partial charge in [0.25, 0.3) is 0 Å². The predicted molar refractivity (Wildman–Crippen MR) is 146 cm³/mol. The SMILES string of the molecule is Brc1ccc(-c2csc(N3N=C4/C(=C\c5ccccc5)CCC[C@@H]4[C@H]3c3ccccc3)n2)cc1. The molecule has 0 N–H and O–H groups in total. The van der Waals surface area contributed by atoms with E-state index in [0.29, 0.717) is 5.92 Å². The molecule has 4 aromatic rings. The summed E-state index contributed by atoms with van der Waals surface area (Å²) >= 11 is 5.20. The van der Waals surface area contributed by atoms with E-state index in [0.717, 1.165) is 33.7 Å². The molecule has 168 valence electrons. The van der Waals surface area contributed by atoms with E-state index in [4.69, 9.17) is 10.1 Å². The fraction of sp³-hybridized carbons (Fsp3) is 0.172. The molecule has 3 nitrogen and oxygen atoms in total. The molecule has 1 aliphatic carbocycles. The number of hydrogen-bond donors (Lipinski definition) is 0. The topological polar surface area (TPSA) is 28.5 Å². The van der Waals surface area contributed by atoms with E-state index in [1.54, 1.807) is 11.3 Å². The van der Waals surface area contributed by atoms with Gasteiger partial charge in [0.2, 0.25) is 5.13 Å². The van der Waals surface area contributed by atoms with Crippen molar-refractivity contribution in [3.05, 3.63) is 111 Å². The Balaban J connectivity index is 1.42. The van der Waals surface area contributed by atoms with Gasteiger partial charge >= 0.3 is 0 Å². The minimum absolute atomic E-state index is 0.166. The quantitative estimate of drug-likeness (QED) is 0.267. The molecule has 0 unspecified atom stereocenters. The van der Waals surface area contributed by atoms with Crippen molar-refractivity contribution in [3.8, 4) is 11.3 Å². The van der Waals surface area contributed by atoms with E-state index in [1.807, 2.05) is 0 Å². The molecule has 1 aliphatic heterocycles. The Morgan fingerprint density at radius 3 is 2.41 bits per heavy atom. The van der Waals surface area contributed by atoms with Crippen molar-refractivity contribution in [2.45, 2.75) is 25.3 Å². The van der Waals surface area contributed by atoms with Crippen molar-refractivity contribution >= 4 is 44.2 Å². The van der Waals surface area contributed by atoms with Crippen LogP contribution in [-0.4, -0.2) is 10.7 Å². The van der Waals surface area contributed by atoms with E-state index >= 15 is 0 Å². The average Bonchev–Trinajstić information content (AvgIpc) is 3.51. The zero-order valence-corrected chi connectivity index (χ0v) is 21.0. The lowest BCUT2D eigenvalue weighted by Crippen LogP contribution is -2.28. The molecule has 1 aromatic heterocycles. The van der Waals surface area contributed by atoms with Crippen LogP contribution in [0.1, 0.15) is 36.4 Å². The smallest absolute Gasteiger partial charge is 0.207 e. The number of allylic oxidation sites excluding steroid dienone is 1. The Labute approximate surface area is 212 Å². The van der Waals surface area contributed by atoms with Crippen LogP contribution in [-0.2, 0) is 0 Å². The molecule has 3 aromatic carbocycles. The molecule has 6 rings (SSSR count). The first-order chi connectivity index (χ1) is 16.8. The average molecular weight is 527 g/mol. The number of hydrogen-bond acceptors (Lipinski definition) is 4. The molecule has 2 aliphatic rings. The van der Waals surface area contributed by atoms with E-state index < -0.39 is 0 Å². The Hall–Kier alpha value is -3.02. The van der Waals surface area contributed by atoms with E-state index in [9.17, 15) is 0 Å². The maximum absolute atomic E-state index is 5.26. The molecule has 1 saturated carbocycles. The fourth-order valence-electron chi connectivity index (χ4n) is 5.01. The summed E-state index contributed by atoms with van der Waals surface area (Å²) in [5, 5.41) is 10.5. The molecule has 0 bridgehead atoms. The largest absolute Gasteiger partial charge is 0.231 e. The lowest BCUT2D eigenvalue weighted by atomic mass is 9.77. The van der Waals surface area contributed by atoms with Crippen LogP contribution < -0.4 is 5.01 Å². The minimum atomic E-state index is 0.166. The highest BCUT2D eigenvalue weighted by Crippen LogP contribution is 2.47. The third kappa shape index (κ3) is 4.15. The molecule has 0 saturated heterocycles. The van der Waals surface area contributed by atoms with Crippen molar-refractivity contribution in [2.75, 3.05) is 5.01 Å². The van der Waals surface area contributed by atoms with Gasteiger partial charge < -0.3 is 0 Å². The van der Waals surface area contributed by atoms with E-state index in [1.165, 1.54) is 28.8 Å². The summed E-state index contributed by atoms with van der Waals surface area (Å²) in [6.45, 7) is 0. The Morgan fingerprint density at radius 1 is 0.912 bits per heavy atom. The summed E-state index contributed by atoms with van der Waals surface area (Å²) in [4.78, 5) is 5.04. The molecule has 5 heteroatoms. The van der Waals surface area contributed by atoms with Crippen molar-refractivity contribution in [2.24, 2.45) is 11.0 Å². The second-order valence-corrected chi connectivity index (χ2v) is 10.5. The van der Waals surface area contributed by atoms with E-state index in [2.05, 4.69) is 117 Å². The monoisotopic (exact) mass is 525 g/mol. The zero-order valence-electron chi connectivity index (χ0n) is 18.6. The van der Waals surface area contributed by atoms with Crippen LogP contribution in [0.4, 0.5) is 5.13 Å². The number of nitrogens with zero attached hydrogens (tertiary/aromatic N) is 3. The summed E-state index contributed by atoms with van der Waals surface area (Å²) in [7, 11) is 0. The van der Waals surface area contributed by atoms with Gasteiger partial charge in [-0.05, 0) is 54.2 Å². The highest BCUT2D eigenvalue weighted by Gasteiger charge is 2.42. The third-order valence-electron chi connectivity index (χ3n) is 6.61. The highest BCUT2D eigenvalue weighted by atomic mass is 79.9. The standard InChI is InChI=1S/C29H24BrN3S/c30-24-16-14-21(15-17-24)26-19-34-29(31-26)33-28(22-10-5-2-6-11-22)25-13-7-12-23(27(25)32-33)18-20-8-3-1-4-9-20/h1-6,8-11,14-19,25,28H,7,12-13H2/b23-18-/t25-,28+/m0/s1. The number of halogens is 1. The van der Waals surface area contributed by atoms with Gasteiger partial charge in [-0.1, -0.05) is 88.7 Å². The fourth-order valence-corrected chi connectivity index (χ4v) is 6.10. The summed E-state index contributed by atoms with van der Waals surface area (Å²) in [6, 6.07) is 29.9. The first kappa shape index (κ1) is 21.5. The Kier molecular flexibility index (Phi) is 5.90. The lowest BCUT2D eigenvalue weighted by Gasteiger charge is -2.29. The number of anilines is 1. The van der Waals surface area contributed by atoms with Crippen LogP contribution in [0.3, 0.4) is 0 Å². The van der Waals surface area contributed by atoms with E-state index in [-0.39, 0.29) is 6.04 Å². The number of thiazole rings is 1. The van der Waals surface area contributed by atoms with Crippen LogP contribution >= 0.6 is 27.3 Å². The van der Waals surface area contributed by atoms with Crippen molar-refractivity contribution in [1.29, 1.82) is 0 Å². The third-order valence-corrected chi connectivity index (χ3v) is 7.97. The van der Waals surface area contributed by atoms with Gasteiger partial charge in [-0.3, -0.25) is 0 Å². The summed E-state index contributed by atoms with van der Waals surface area (Å²) < 4.78 is 1.07. The molecule has 2 atom stereocenters. The Morgan fingerprint density at radius 2 is 1.65 bits per heavy atom. The molecule has 2 heterocycles. The maximum atomic E-state index is 5.26. The molecular formula is C29H24BrN3S. The summed E-state index contributed by atoms with van der Waals surface area (Å²) in [6.07, 6.45) is 5.72. The van der Waals surface area contributed by atoms with Gasteiger partial charge in [0, 0.05) is 21.3 Å². The zero-order chi connectivity index (χ0) is 22.9. The van der Waals surface area contributed by atoms with Gasteiger partial charge in [-0.15, -0.1) is 11.3 Å². The summed E-state index contributed by atoms with van der Waals surface area (Å²) in [5.74, 6) is 0.367. The van der Waals surface area contributed by atoms with Gasteiger partial charge in [-0.25, -0.2) is 9.99 Å².